The first-order chi connectivity index (χ1) is 11.5. The first-order valence-corrected chi connectivity index (χ1v) is 9.10. The third-order valence-electron chi connectivity index (χ3n) is 5.22. The number of carbonyl (C=O) groups is 1. The van der Waals surface area contributed by atoms with Crippen molar-refractivity contribution >= 4 is 5.91 Å². The Bertz CT molecular complexity index is 507. The Kier molecular flexibility index (Phi) is 7.10. The molecule has 0 saturated heterocycles. The normalized spacial score (nSPS) is 22.2. The molecule has 1 atom stereocenters. The smallest absolute Gasteiger partial charge is 0.234 e. The Labute approximate surface area is 146 Å². The van der Waals surface area contributed by atoms with Crippen molar-refractivity contribution in [2.24, 2.45) is 5.92 Å². The minimum absolute atomic E-state index is 0.152. The van der Waals surface area contributed by atoms with Crippen molar-refractivity contribution in [1.82, 2.24) is 10.2 Å². The van der Waals surface area contributed by atoms with Gasteiger partial charge in [0.05, 0.1) is 13.7 Å². The topological polar surface area (TPSA) is 41.6 Å². The molecule has 4 nitrogen and oxygen atoms in total. The molecule has 1 aromatic rings. The summed E-state index contributed by atoms with van der Waals surface area (Å²) in [6.07, 6.45) is 5.63. The van der Waals surface area contributed by atoms with Crippen LogP contribution in [0.1, 0.15) is 45.1 Å². The maximum atomic E-state index is 12.3. The van der Waals surface area contributed by atoms with Gasteiger partial charge in [0.2, 0.25) is 5.91 Å². The summed E-state index contributed by atoms with van der Waals surface area (Å²) in [7, 11) is 3.70. The summed E-state index contributed by atoms with van der Waals surface area (Å²) in [5.41, 5.74) is 1.26. The van der Waals surface area contributed by atoms with E-state index in [2.05, 4.69) is 36.2 Å². The molecule has 0 spiro atoms. The highest BCUT2D eigenvalue weighted by Crippen LogP contribution is 2.23. The fourth-order valence-electron chi connectivity index (χ4n) is 3.32. The van der Waals surface area contributed by atoms with Crippen LogP contribution in [0.15, 0.2) is 24.3 Å². The number of hydrogen-bond donors (Lipinski definition) is 1. The minimum Gasteiger partial charge on any atom is -0.497 e. The van der Waals surface area contributed by atoms with E-state index >= 15 is 0 Å². The van der Waals surface area contributed by atoms with E-state index in [4.69, 9.17) is 4.74 Å². The number of ether oxygens (including phenoxy) is 1. The van der Waals surface area contributed by atoms with Crippen LogP contribution < -0.4 is 10.1 Å². The van der Waals surface area contributed by atoms with Crippen LogP contribution in [0.25, 0.3) is 0 Å². The Balaban J connectivity index is 1.75. The molecule has 0 heterocycles. The van der Waals surface area contributed by atoms with E-state index in [1.54, 1.807) is 7.11 Å². The highest BCUT2D eigenvalue weighted by atomic mass is 16.5. The molecule has 1 fully saturated rings. The van der Waals surface area contributed by atoms with Crippen LogP contribution in [0.3, 0.4) is 0 Å². The second-order valence-electron chi connectivity index (χ2n) is 7.34. The van der Waals surface area contributed by atoms with E-state index in [1.807, 2.05) is 19.2 Å². The van der Waals surface area contributed by atoms with Gasteiger partial charge in [-0.3, -0.25) is 9.69 Å². The van der Waals surface area contributed by atoms with Crippen molar-refractivity contribution < 1.29 is 9.53 Å². The molecule has 134 valence electrons. The van der Waals surface area contributed by atoms with E-state index < -0.39 is 0 Å². The highest BCUT2D eigenvalue weighted by molar-refractivity contribution is 5.78. The van der Waals surface area contributed by atoms with Crippen LogP contribution in [-0.4, -0.2) is 43.6 Å². The van der Waals surface area contributed by atoms with Gasteiger partial charge in [0.1, 0.15) is 5.75 Å². The third kappa shape index (κ3) is 5.82. The fourth-order valence-corrected chi connectivity index (χ4v) is 3.32. The SMILES string of the molecule is COc1ccc(CC(C)N(C)CC(=O)NC2CCC(C)CC2)cc1. The molecule has 1 aliphatic rings. The summed E-state index contributed by atoms with van der Waals surface area (Å²) in [6, 6.07) is 8.84. The predicted octanol–water partition coefficient (Wildman–Crippen LogP) is 3.25. The summed E-state index contributed by atoms with van der Waals surface area (Å²) in [6.45, 7) is 4.93. The van der Waals surface area contributed by atoms with Crippen molar-refractivity contribution in [1.29, 1.82) is 0 Å². The molecular weight excluding hydrogens is 300 g/mol. The van der Waals surface area contributed by atoms with Crippen LogP contribution in [-0.2, 0) is 11.2 Å². The molecular formula is C20H32N2O2. The van der Waals surface area contributed by atoms with Crippen molar-refractivity contribution in [3.05, 3.63) is 29.8 Å². The predicted molar refractivity (Wildman–Crippen MR) is 98.4 cm³/mol. The van der Waals surface area contributed by atoms with Crippen molar-refractivity contribution in [3.8, 4) is 5.75 Å². The third-order valence-corrected chi connectivity index (χ3v) is 5.22. The standard InChI is InChI=1S/C20H32N2O2/c1-15-5-9-18(10-6-15)21-20(23)14-22(3)16(2)13-17-7-11-19(24-4)12-8-17/h7-8,11-12,15-16,18H,5-6,9-10,13-14H2,1-4H3,(H,21,23). The number of benzene rings is 1. The minimum atomic E-state index is 0.152. The van der Waals surface area contributed by atoms with Gasteiger partial charge in [-0.15, -0.1) is 0 Å². The number of likely N-dealkylation sites (N-methyl/N-ethyl adjacent to an activating group) is 1. The van der Waals surface area contributed by atoms with Gasteiger partial charge >= 0.3 is 0 Å². The average Bonchev–Trinajstić information content (AvgIpc) is 2.57. The largest absolute Gasteiger partial charge is 0.497 e. The molecule has 0 aliphatic heterocycles. The van der Waals surface area contributed by atoms with Crippen LogP contribution >= 0.6 is 0 Å². The summed E-state index contributed by atoms with van der Waals surface area (Å²) in [4.78, 5) is 14.4. The van der Waals surface area contributed by atoms with Gasteiger partial charge < -0.3 is 10.1 Å². The Hall–Kier alpha value is -1.55. The highest BCUT2D eigenvalue weighted by Gasteiger charge is 2.21. The van der Waals surface area contributed by atoms with Gasteiger partial charge in [0.15, 0.2) is 0 Å². The molecule has 1 N–H and O–H groups in total. The number of nitrogens with one attached hydrogen (secondary N) is 1. The number of amides is 1. The van der Waals surface area contributed by atoms with Crippen LogP contribution in [0.4, 0.5) is 0 Å². The van der Waals surface area contributed by atoms with Crippen molar-refractivity contribution in [2.75, 3.05) is 20.7 Å². The van der Waals surface area contributed by atoms with E-state index in [1.165, 1.54) is 18.4 Å². The Morgan fingerprint density at radius 3 is 2.46 bits per heavy atom. The average molecular weight is 332 g/mol. The van der Waals surface area contributed by atoms with Crippen molar-refractivity contribution in [3.63, 3.8) is 0 Å². The van der Waals surface area contributed by atoms with Gasteiger partial charge in [-0.2, -0.15) is 0 Å². The summed E-state index contributed by atoms with van der Waals surface area (Å²) >= 11 is 0. The lowest BCUT2D eigenvalue weighted by atomic mass is 9.87. The van der Waals surface area contributed by atoms with Gasteiger partial charge in [-0.25, -0.2) is 0 Å². The lowest BCUT2D eigenvalue weighted by Crippen LogP contribution is -2.44. The first-order valence-electron chi connectivity index (χ1n) is 9.10. The van der Waals surface area contributed by atoms with E-state index in [0.29, 0.717) is 18.6 Å². The molecule has 4 heteroatoms. The van der Waals surface area contributed by atoms with Crippen molar-refractivity contribution in [2.45, 2.75) is 58.0 Å². The molecule has 0 aromatic heterocycles. The maximum absolute atomic E-state index is 12.3. The van der Waals surface area contributed by atoms with Crippen LogP contribution in [0.5, 0.6) is 5.75 Å². The number of rotatable bonds is 7. The molecule has 24 heavy (non-hydrogen) atoms. The lowest BCUT2D eigenvalue weighted by Gasteiger charge is -2.29. The first kappa shape index (κ1) is 18.8. The number of nitrogens with zero attached hydrogens (tertiary/aromatic N) is 1. The molecule has 1 aliphatic carbocycles. The quantitative estimate of drug-likeness (QED) is 0.833. The van der Waals surface area contributed by atoms with Crippen LogP contribution in [0, 0.1) is 5.92 Å². The van der Waals surface area contributed by atoms with Gasteiger partial charge in [0, 0.05) is 12.1 Å². The lowest BCUT2D eigenvalue weighted by molar-refractivity contribution is -0.123. The Morgan fingerprint density at radius 1 is 1.25 bits per heavy atom. The van der Waals surface area contributed by atoms with E-state index in [0.717, 1.165) is 30.9 Å². The van der Waals surface area contributed by atoms with Gasteiger partial charge in [-0.05, 0) is 69.7 Å². The molecule has 1 unspecified atom stereocenters. The van der Waals surface area contributed by atoms with Gasteiger partial charge in [-0.1, -0.05) is 19.1 Å². The molecule has 0 radical (unpaired) electrons. The number of carbonyl (C=O) groups excluding carboxylic acids is 1. The molecule has 1 saturated carbocycles. The summed E-state index contributed by atoms with van der Waals surface area (Å²) in [5, 5.41) is 3.21. The zero-order chi connectivity index (χ0) is 17.5. The fraction of sp³-hybridized carbons (Fsp3) is 0.650. The van der Waals surface area contributed by atoms with E-state index in [-0.39, 0.29) is 5.91 Å². The molecule has 1 amide bonds. The van der Waals surface area contributed by atoms with E-state index in [9.17, 15) is 4.79 Å². The molecule has 2 rings (SSSR count). The second kappa shape index (κ2) is 9.07. The second-order valence-corrected chi connectivity index (χ2v) is 7.34. The zero-order valence-corrected chi connectivity index (χ0v) is 15.5. The monoisotopic (exact) mass is 332 g/mol. The zero-order valence-electron chi connectivity index (χ0n) is 15.5. The van der Waals surface area contributed by atoms with Gasteiger partial charge in [0.25, 0.3) is 0 Å². The number of methoxy groups -OCH3 is 1. The summed E-state index contributed by atoms with van der Waals surface area (Å²) < 4.78 is 5.19. The molecule has 0 bridgehead atoms. The summed E-state index contributed by atoms with van der Waals surface area (Å²) in [5.74, 6) is 1.84. The number of hydrogen-bond acceptors (Lipinski definition) is 3. The Morgan fingerprint density at radius 2 is 1.88 bits per heavy atom. The van der Waals surface area contributed by atoms with Crippen LogP contribution in [0.2, 0.25) is 0 Å². The maximum Gasteiger partial charge on any atom is 0.234 e. The molecule has 1 aromatic carbocycles.